The number of hydrogen-bond donors (Lipinski definition) is 2. The first-order chi connectivity index (χ1) is 9.28. The largest absolute Gasteiger partial charge is 0.399 e. The maximum Gasteiger partial charge on any atom is 0.391 e. The number of alkyl halides is 3. The van der Waals surface area contributed by atoms with Crippen molar-refractivity contribution in [2.75, 3.05) is 11.5 Å². The van der Waals surface area contributed by atoms with E-state index in [0.717, 1.165) is 4.68 Å². The Balaban J connectivity index is 2.38. The van der Waals surface area contributed by atoms with Gasteiger partial charge in [-0.3, -0.25) is 0 Å². The van der Waals surface area contributed by atoms with Crippen LogP contribution in [0.1, 0.15) is 19.4 Å². The van der Waals surface area contributed by atoms with Crippen molar-refractivity contribution < 1.29 is 13.2 Å². The third-order valence-corrected chi connectivity index (χ3v) is 2.75. The van der Waals surface area contributed by atoms with Crippen molar-refractivity contribution in [2.45, 2.75) is 25.6 Å². The summed E-state index contributed by atoms with van der Waals surface area (Å²) in [4.78, 5) is 0. The SMILES string of the molecule is CC(CC(F)(F)F)n1nnnc1-c1ccc(N)cc1N. The van der Waals surface area contributed by atoms with E-state index < -0.39 is 18.6 Å². The van der Waals surface area contributed by atoms with Gasteiger partial charge in [-0.1, -0.05) is 0 Å². The Labute approximate surface area is 112 Å². The fourth-order valence-corrected chi connectivity index (χ4v) is 1.87. The molecule has 4 N–H and O–H groups in total. The predicted molar refractivity (Wildman–Crippen MR) is 67.5 cm³/mol. The molecule has 20 heavy (non-hydrogen) atoms. The van der Waals surface area contributed by atoms with Crippen molar-refractivity contribution in [3.8, 4) is 11.4 Å². The van der Waals surface area contributed by atoms with Gasteiger partial charge in [0.05, 0.1) is 12.5 Å². The van der Waals surface area contributed by atoms with Gasteiger partial charge in [0.1, 0.15) is 0 Å². The molecule has 2 aromatic rings. The molecule has 0 radical (unpaired) electrons. The zero-order chi connectivity index (χ0) is 14.9. The minimum atomic E-state index is -4.30. The van der Waals surface area contributed by atoms with Crippen LogP contribution < -0.4 is 11.5 Å². The van der Waals surface area contributed by atoms with Crippen LogP contribution in [-0.4, -0.2) is 26.4 Å². The lowest BCUT2D eigenvalue weighted by molar-refractivity contribution is -0.142. The Morgan fingerprint density at radius 3 is 2.60 bits per heavy atom. The molecule has 0 saturated carbocycles. The quantitative estimate of drug-likeness (QED) is 0.841. The van der Waals surface area contributed by atoms with E-state index in [-0.39, 0.29) is 5.82 Å². The van der Waals surface area contributed by atoms with Gasteiger partial charge in [0, 0.05) is 16.9 Å². The predicted octanol–water partition coefficient (Wildman–Crippen LogP) is 2.02. The lowest BCUT2D eigenvalue weighted by Crippen LogP contribution is -2.18. The first-order valence-corrected chi connectivity index (χ1v) is 5.78. The highest BCUT2D eigenvalue weighted by molar-refractivity contribution is 5.74. The number of tetrazole rings is 1. The van der Waals surface area contributed by atoms with Crippen LogP contribution in [0.15, 0.2) is 18.2 Å². The molecule has 2 rings (SSSR count). The average molecular weight is 286 g/mol. The van der Waals surface area contributed by atoms with Gasteiger partial charge in [0.15, 0.2) is 5.82 Å². The van der Waals surface area contributed by atoms with E-state index in [9.17, 15) is 13.2 Å². The summed E-state index contributed by atoms with van der Waals surface area (Å²) in [5.74, 6) is 0.180. The molecule has 1 atom stereocenters. The molecule has 1 aromatic heterocycles. The molecule has 0 bridgehead atoms. The van der Waals surface area contributed by atoms with Gasteiger partial charge in [-0.25, -0.2) is 4.68 Å². The van der Waals surface area contributed by atoms with Gasteiger partial charge in [0.2, 0.25) is 0 Å². The second-order valence-corrected chi connectivity index (χ2v) is 4.46. The topological polar surface area (TPSA) is 95.6 Å². The third-order valence-electron chi connectivity index (χ3n) is 2.75. The summed E-state index contributed by atoms with van der Waals surface area (Å²) in [5, 5.41) is 10.8. The number of nitrogens with two attached hydrogens (primary N) is 2. The summed E-state index contributed by atoms with van der Waals surface area (Å²) in [6.45, 7) is 1.39. The maximum absolute atomic E-state index is 12.4. The van der Waals surface area contributed by atoms with Gasteiger partial charge in [-0.05, 0) is 35.5 Å². The highest BCUT2D eigenvalue weighted by atomic mass is 19.4. The molecular formula is C11H13F3N6. The molecule has 1 aromatic carbocycles. The zero-order valence-corrected chi connectivity index (χ0v) is 10.6. The Morgan fingerprint density at radius 1 is 1.30 bits per heavy atom. The standard InChI is InChI=1S/C11H13F3N6/c1-6(5-11(12,13)14)20-10(17-18-19-20)8-3-2-7(15)4-9(8)16/h2-4,6H,5,15-16H2,1H3. The van der Waals surface area contributed by atoms with Gasteiger partial charge >= 0.3 is 6.18 Å². The van der Waals surface area contributed by atoms with E-state index in [4.69, 9.17) is 11.5 Å². The maximum atomic E-state index is 12.4. The lowest BCUT2D eigenvalue weighted by atomic mass is 10.1. The van der Waals surface area contributed by atoms with Crippen molar-refractivity contribution in [3.63, 3.8) is 0 Å². The van der Waals surface area contributed by atoms with Crippen LogP contribution in [0.3, 0.4) is 0 Å². The van der Waals surface area contributed by atoms with E-state index in [0.29, 0.717) is 16.9 Å². The summed E-state index contributed by atoms with van der Waals surface area (Å²) in [7, 11) is 0. The van der Waals surface area contributed by atoms with E-state index in [1.807, 2.05) is 0 Å². The molecule has 0 aliphatic carbocycles. The summed E-state index contributed by atoms with van der Waals surface area (Å²) < 4.78 is 38.4. The monoisotopic (exact) mass is 286 g/mol. The molecule has 0 aliphatic rings. The van der Waals surface area contributed by atoms with Crippen LogP contribution in [0.4, 0.5) is 24.5 Å². The minimum Gasteiger partial charge on any atom is -0.399 e. The number of halogens is 3. The summed E-state index contributed by atoms with van der Waals surface area (Å²) >= 11 is 0. The zero-order valence-electron chi connectivity index (χ0n) is 10.6. The number of anilines is 2. The number of benzene rings is 1. The number of hydrogen-bond acceptors (Lipinski definition) is 5. The first-order valence-electron chi connectivity index (χ1n) is 5.78. The molecule has 1 unspecified atom stereocenters. The second-order valence-electron chi connectivity index (χ2n) is 4.46. The van der Waals surface area contributed by atoms with E-state index in [1.165, 1.54) is 13.0 Å². The van der Waals surface area contributed by atoms with Crippen molar-refractivity contribution in [1.29, 1.82) is 0 Å². The Morgan fingerprint density at radius 2 is 2.00 bits per heavy atom. The summed E-state index contributed by atoms with van der Waals surface area (Å²) in [6.07, 6.45) is -5.32. The van der Waals surface area contributed by atoms with E-state index in [1.54, 1.807) is 12.1 Å². The fraction of sp³-hybridized carbons (Fsp3) is 0.364. The number of aromatic nitrogens is 4. The number of nitrogens with zero attached hydrogens (tertiary/aromatic N) is 4. The smallest absolute Gasteiger partial charge is 0.391 e. The van der Waals surface area contributed by atoms with Crippen LogP contribution >= 0.6 is 0 Å². The molecule has 0 aliphatic heterocycles. The molecule has 0 saturated heterocycles. The van der Waals surface area contributed by atoms with Crippen LogP contribution in [-0.2, 0) is 0 Å². The van der Waals surface area contributed by atoms with Crippen molar-refractivity contribution in [1.82, 2.24) is 20.2 Å². The molecule has 9 heteroatoms. The van der Waals surface area contributed by atoms with Gasteiger partial charge < -0.3 is 11.5 Å². The van der Waals surface area contributed by atoms with E-state index in [2.05, 4.69) is 15.5 Å². The third kappa shape index (κ3) is 2.98. The molecule has 6 nitrogen and oxygen atoms in total. The Hall–Kier alpha value is -2.32. The van der Waals surface area contributed by atoms with Gasteiger partial charge in [-0.15, -0.1) is 5.10 Å². The second kappa shape index (κ2) is 4.99. The number of rotatable bonds is 3. The number of nitrogen functional groups attached to an aromatic ring is 2. The van der Waals surface area contributed by atoms with E-state index >= 15 is 0 Å². The van der Waals surface area contributed by atoms with Crippen LogP contribution in [0.2, 0.25) is 0 Å². The molecular weight excluding hydrogens is 273 g/mol. The van der Waals surface area contributed by atoms with Crippen LogP contribution in [0, 0.1) is 0 Å². The highest BCUT2D eigenvalue weighted by Gasteiger charge is 2.32. The minimum absolute atomic E-state index is 0.180. The molecule has 108 valence electrons. The van der Waals surface area contributed by atoms with Gasteiger partial charge in [-0.2, -0.15) is 13.2 Å². The summed E-state index contributed by atoms with van der Waals surface area (Å²) in [5.41, 5.74) is 12.6. The molecule has 0 spiro atoms. The Bertz CT molecular complexity index is 606. The average Bonchev–Trinajstić information content (AvgIpc) is 2.75. The van der Waals surface area contributed by atoms with Crippen LogP contribution in [0.25, 0.3) is 11.4 Å². The van der Waals surface area contributed by atoms with Crippen molar-refractivity contribution in [2.24, 2.45) is 0 Å². The summed E-state index contributed by atoms with van der Waals surface area (Å²) in [6, 6.07) is 3.73. The normalized spacial score (nSPS) is 13.4. The molecule has 0 amide bonds. The fourth-order valence-electron chi connectivity index (χ4n) is 1.87. The molecule has 1 heterocycles. The Kier molecular flexibility index (Phi) is 3.51. The van der Waals surface area contributed by atoms with Crippen molar-refractivity contribution >= 4 is 11.4 Å². The molecule has 0 fully saturated rings. The van der Waals surface area contributed by atoms with Crippen molar-refractivity contribution in [3.05, 3.63) is 18.2 Å². The first kappa shape index (κ1) is 14.1. The highest BCUT2D eigenvalue weighted by Crippen LogP contribution is 2.31. The van der Waals surface area contributed by atoms with Gasteiger partial charge in [0.25, 0.3) is 0 Å². The lowest BCUT2D eigenvalue weighted by Gasteiger charge is -2.16. The van der Waals surface area contributed by atoms with Crippen LogP contribution in [0.5, 0.6) is 0 Å².